The lowest BCUT2D eigenvalue weighted by Gasteiger charge is -2.27. The molecular formula is C12H14N2O3. The van der Waals surface area contributed by atoms with E-state index >= 15 is 0 Å². The number of fused-ring (bicyclic) bond motifs is 1. The monoisotopic (exact) mass is 234 g/mol. The van der Waals surface area contributed by atoms with Crippen molar-refractivity contribution in [1.82, 2.24) is 10.2 Å². The Labute approximate surface area is 99.3 Å². The van der Waals surface area contributed by atoms with Crippen molar-refractivity contribution in [3.63, 3.8) is 0 Å². The molecule has 1 N–H and O–H groups in total. The highest BCUT2D eigenvalue weighted by Gasteiger charge is 2.19. The van der Waals surface area contributed by atoms with Gasteiger partial charge in [-0.15, -0.1) is 0 Å². The Bertz CT molecular complexity index is 447. The number of rotatable bonds is 2. The van der Waals surface area contributed by atoms with Gasteiger partial charge in [-0.2, -0.15) is 0 Å². The van der Waals surface area contributed by atoms with E-state index in [0.29, 0.717) is 13.1 Å². The Balaban J connectivity index is 1.74. The van der Waals surface area contributed by atoms with Crippen LogP contribution in [-0.2, 0) is 11.3 Å². The van der Waals surface area contributed by atoms with Gasteiger partial charge in [0.05, 0.1) is 6.54 Å². The van der Waals surface area contributed by atoms with Crippen LogP contribution in [0.15, 0.2) is 18.2 Å². The molecule has 5 heteroatoms. The number of carbonyl (C=O) groups is 1. The molecule has 1 aromatic carbocycles. The van der Waals surface area contributed by atoms with E-state index in [-0.39, 0.29) is 12.7 Å². The Morgan fingerprint density at radius 3 is 3.06 bits per heavy atom. The molecule has 1 saturated heterocycles. The fourth-order valence-electron chi connectivity index (χ4n) is 2.07. The first-order valence-corrected chi connectivity index (χ1v) is 5.70. The van der Waals surface area contributed by atoms with Crippen LogP contribution < -0.4 is 14.8 Å². The number of hydrogen-bond acceptors (Lipinski definition) is 4. The van der Waals surface area contributed by atoms with E-state index < -0.39 is 0 Å². The minimum Gasteiger partial charge on any atom is -0.454 e. The summed E-state index contributed by atoms with van der Waals surface area (Å²) in [7, 11) is 0. The molecule has 2 heterocycles. The maximum Gasteiger partial charge on any atom is 0.236 e. The second-order valence-electron chi connectivity index (χ2n) is 4.18. The number of nitrogens with one attached hydrogen (secondary N) is 1. The van der Waals surface area contributed by atoms with Gasteiger partial charge >= 0.3 is 0 Å². The number of amides is 1. The second kappa shape index (κ2) is 4.25. The van der Waals surface area contributed by atoms with Crippen LogP contribution in [-0.4, -0.2) is 37.2 Å². The summed E-state index contributed by atoms with van der Waals surface area (Å²) in [6.07, 6.45) is 0. The van der Waals surface area contributed by atoms with Crippen LogP contribution in [0.1, 0.15) is 5.56 Å². The summed E-state index contributed by atoms with van der Waals surface area (Å²) < 4.78 is 10.6. The maximum atomic E-state index is 11.6. The standard InChI is InChI=1S/C12H14N2O3/c15-12-6-13-3-4-14(12)7-9-1-2-10-11(5-9)17-8-16-10/h1-2,5,13H,3-4,6-8H2. The van der Waals surface area contributed by atoms with E-state index in [4.69, 9.17) is 9.47 Å². The number of carbonyl (C=O) groups excluding carboxylic acids is 1. The molecule has 0 aromatic heterocycles. The fourth-order valence-corrected chi connectivity index (χ4v) is 2.07. The summed E-state index contributed by atoms with van der Waals surface area (Å²) in [6.45, 7) is 2.97. The Hall–Kier alpha value is -1.75. The topological polar surface area (TPSA) is 50.8 Å². The number of hydrogen-bond donors (Lipinski definition) is 1. The Kier molecular flexibility index (Phi) is 2.60. The molecule has 1 amide bonds. The second-order valence-corrected chi connectivity index (χ2v) is 4.18. The van der Waals surface area contributed by atoms with Gasteiger partial charge in [-0.1, -0.05) is 6.07 Å². The van der Waals surface area contributed by atoms with Gasteiger partial charge in [0.25, 0.3) is 0 Å². The predicted molar refractivity (Wildman–Crippen MR) is 60.9 cm³/mol. The van der Waals surface area contributed by atoms with Crippen LogP contribution in [0.25, 0.3) is 0 Å². The summed E-state index contributed by atoms with van der Waals surface area (Å²) in [6, 6.07) is 5.81. The Morgan fingerprint density at radius 2 is 2.18 bits per heavy atom. The average molecular weight is 234 g/mol. The molecule has 0 spiro atoms. The third kappa shape index (κ3) is 2.06. The van der Waals surface area contributed by atoms with Crippen molar-refractivity contribution in [3.8, 4) is 11.5 Å². The van der Waals surface area contributed by atoms with Crippen molar-refractivity contribution in [2.75, 3.05) is 26.4 Å². The summed E-state index contributed by atoms with van der Waals surface area (Å²) in [5, 5.41) is 3.06. The van der Waals surface area contributed by atoms with Crippen LogP contribution >= 0.6 is 0 Å². The number of nitrogens with zero attached hydrogens (tertiary/aromatic N) is 1. The van der Waals surface area contributed by atoms with Gasteiger partial charge in [-0.3, -0.25) is 4.79 Å². The maximum absolute atomic E-state index is 11.6. The molecule has 1 fully saturated rings. The average Bonchev–Trinajstić information content (AvgIpc) is 2.79. The molecular weight excluding hydrogens is 220 g/mol. The summed E-state index contributed by atoms with van der Waals surface area (Å²) in [4.78, 5) is 13.5. The quantitative estimate of drug-likeness (QED) is 0.802. The van der Waals surface area contributed by atoms with E-state index in [1.807, 2.05) is 23.1 Å². The number of benzene rings is 1. The molecule has 2 aliphatic heterocycles. The molecule has 0 aliphatic carbocycles. The van der Waals surface area contributed by atoms with Gasteiger partial charge in [0, 0.05) is 19.6 Å². The van der Waals surface area contributed by atoms with Crippen molar-refractivity contribution in [1.29, 1.82) is 0 Å². The lowest BCUT2D eigenvalue weighted by Crippen LogP contribution is -2.47. The van der Waals surface area contributed by atoms with Crippen LogP contribution in [0.3, 0.4) is 0 Å². The lowest BCUT2D eigenvalue weighted by molar-refractivity contribution is -0.132. The summed E-state index contributed by atoms with van der Waals surface area (Å²) in [5.41, 5.74) is 1.07. The van der Waals surface area contributed by atoms with Gasteiger partial charge in [0.15, 0.2) is 11.5 Å². The molecule has 0 bridgehead atoms. The minimum absolute atomic E-state index is 0.147. The highest BCUT2D eigenvalue weighted by molar-refractivity contribution is 5.79. The summed E-state index contributed by atoms with van der Waals surface area (Å²) in [5.74, 6) is 1.69. The van der Waals surface area contributed by atoms with Crippen LogP contribution in [0.4, 0.5) is 0 Å². The van der Waals surface area contributed by atoms with Crippen LogP contribution in [0, 0.1) is 0 Å². The first kappa shape index (κ1) is 10.4. The van der Waals surface area contributed by atoms with Gasteiger partial charge in [-0.05, 0) is 17.7 Å². The van der Waals surface area contributed by atoms with Crippen LogP contribution in [0.5, 0.6) is 11.5 Å². The molecule has 1 aromatic rings. The zero-order valence-corrected chi connectivity index (χ0v) is 9.44. The molecule has 17 heavy (non-hydrogen) atoms. The third-order valence-corrected chi connectivity index (χ3v) is 3.00. The minimum atomic E-state index is 0.147. The van der Waals surface area contributed by atoms with E-state index in [1.54, 1.807) is 0 Å². The predicted octanol–water partition coefficient (Wildman–Crippen LogP) is 0.347. The molecule has 90 valence electrons. The highest BCUT2D eigenvalue weighted by Crippen LogP contribution is 2.32. The highest BCUT2D eigenvalue weighted by atomic mass is 16.7. The molecule has 3 rings (SSSR count). The van der Waals surface area contributed by atoms with Crippen molar-refractivity contribution >= 4 is 5.91 Å². The van der Waals surface area contributed by atoms with Crippen molar-refractivity contribution in [3.05, 3.63) is 23.8 Å². The molecule has 0 radical (unpaired) electrons. The largest absolute Gasteiger partial charge is 0.454 e. The van der Waals surface area contributed by atoms with Crippen molar-refractivity contribution < 1.29 is 14.3 Å². The van der Waals surface area contributed by atoms with Gasteiger partial charge < -0.3 is 19.7 Å². The fraction of sp³-hybridized carbons (Fsp3) is 0.417. The van der Waals surface area contributed by atoms with E-state index in [2.05, 4.69) is 5.32 Å². The van der Waals surface area contributed by atoms with E-state index in [0.717, 1.165) is 30.2 Å². The van der Waals surface area contributed by atoms with Gasteiger partial charge in [0.1, 0.15) is 0 Å². The van der Waals surface area contributed by atoms with Gasteiger partial charge in [0.2, 0.25) is 12.7 Å². The first-order valence-electron chi connectivity index (χ1n) is 5.70. The number of ether oxygens (including phenoxy) is 2. The van der Waals surface area contributed by atoms with Crippen molar-refractivity contribution in [2.24, 2.45) is 0 Å². The van der Waals surface area contributed by atoms with Crippen LogP contribution in [0.2, 0.25) is 0 Å². The lowest BCUT2D eigenvalue weighted by atomic mass is 10.2. The SMILES string of the molecule is O=C1CNCCN1Cc1ccc2c(c1)OCO2. The molecule has 0 unspecified atom stereocenters. The van der Waals surface area contributed by atoms with E-state index in [1.165, 1.54) is 0 Å². The smallest absolute Gasteiger partial charge is 0.236 e. The van der Waals surface area contributed by atoms with E-state index in [9.17, 15) is 4.79 Å². The number of piperazine rings is 1. The molecule has 2 aliphatic rings. The normalized spacial score (nSPS) is 18.6. The summed E-state index contributed by atoms with van der Waals surface area (Å²) >= 11 is 0. The zero-order chi connectivity index (χ0) is 11.7. The first-order chi connectivity index (χ1) is 8.33. The molecule has 0 atom stereocenters. The zero-order valence-electron chi connectivity index (χ0n) is 9.44. The van der Waals surface area contributed by atoms with Crippen molar-refractivity contribution in [2.45, 2.75) is 6.54 Å². The molecule has 5 nitrogen and oxygen atoms in total. The Morgan fingerprint density at radius 1 is 1.29 bits per heavy atom. The van der Waals surface area contributed by atoms with Gasteiger partial charge in [-0.25, -0.2) is 0 Å². The third-order valence-electron chi connectivity index (χ3n) is 3.00. The molecule has 0 saturated carbocycles.